The standard InChI is InChI=1S/C24H24ClF3N2O3/c1-22(2,3)11-17-23(15-8-7-14(25)10-16(15)29-21(23)33)18(19(30-17)20(31)32)12-5-4-6-13(9-12)24(26,27)28/h4-10,17-19,30H,11H2,1-3H3,(H,29,33)(H,31,32). The lowest BCUT2D eigenvalue weighted by molar-refractivity contribution is -0.139. The third-order valence-electron chi connectivity index (χ3n) is 6.46. The molecule has 4 atom stereocenters. The molecule has 0 saturated carbocycles. The molecule has 1 spiro atoms. The SMILES string of the molecule is CC(C)(C)CC1NC(C(=O)O)C(c2cccc(C(F)(F)F)c2)C12C(=O)Nc1cc(Cl)ccc12. The van der Waals surface area contributed by atoms with Crippen LogP contribution in [-0.2, 0) is 21.2 Å². The highest BCUT2D eigenvalue weighted by Gasteiger charge is 2.66. The van der Waals surface area contributed by atoms with Gasteiger partial charge in [-0.05, 0) is 41.2 Å². The third-order valence-corrected chi connectivity index (χ3v) is 6.70. The number of alkyl halides is 3. The lowest BCUT2D eigenvalue weighted by Crippen LogP contribution is -2.49. The van der Waals surface area contributed by atoms with Crippen LogP contribution in [0.3, 0.4) is 0 Å². The van der Waals surface area contributed by atoms with Crippen molar-refractivity contribution in [3.63, 3.8) is 0 Å². The largest absolute Gasteiger partial charge is 0.480 e. The molecule has 0 radical (unpaired) electrons. The van der Waals surface area contributed by atoms with E-state index in [1.807, 2.05) is 20.8 Å². The molecule has 2 aromatic rings. The quantitative estimate of drug-likeness (QED) is 0.564. The normalized spacial score (nSPS) is 27.0. The van der Waals surface area contributed by atoms with Gasteiger partial charge in [-0.15, -0.1) is 0 Å². The van der Waals surface area contributed by atoms with Crippen LogP contribution in [-0.4, -0.2) is 29.1 Å². The van der Waals surface area contributed by atoms with Gasteiger partial charge in [-0.25, -0.2) is 0 Å². The Labute approximate surface area is 194 Å². The number of nitrogens with one attached hydrogen (secondary N) is 2. The fourth-order valence-corrected chi connectivity index (χ4v) is 5.49. The fourth-order valence-electron chi connectivity index (χ4n) is 5.32. The molecule has 2 aliphatic rings. The van der Waals surface area contributed by atoms with E-state index in [1.54, 1.807) is 18.2 Å². The van der Waals surface area contributed by atoms with Crippen molar-refractivity contribution in [2.75, 3.05) is 5.32 Å². The number of carboxylic acids is 1. The minimum atomic E-state index is -4.61. The smallest absolute Gasteiger partial charge is 0.416 e. The number of fused-ring (bicyclic) bond motifs is 2. The Morgan fingerprint density at radius 2 is 1.85 bits per heavy atom. The molecule has 33 heavy (non-hydrogen) atoms. The van der Waals surface area contributed by atoms with Crippen LogP contribution in [0.5, 0.6) is 0 Å². The number of benzene rings is 2. The number of carboxylic acid groups (broad SMARTS) is 1. The number of aliphatic carboxylic acids is 1. The van der Waals surface area contributed by atoms with Crippen LogP contribution in [0.4, 0.5) is 18.9 Å². The lowest BCUT2D eigenvalue weighted by atomic mass is 9.62. The van der Waals surface area contributed by atoms with Gasteiger partial charge in [0.25, 0.3) is 0 Å². The molecule has 3 N–H and O–H groups in total. The van der Waals surface area contributed by atoms with E-state index in [-0.39, 0.29) is 11.0 Å². The van der Waals surface area contributed by atoms with Gasteiger partial charge in [0.2, 0.25) is 5.91 Å². The second-order valence-corrected chi connectivity index (χ2v) is 10.4. The van der Waals surface area contributed by atoms with Gasteiger partial charge in [-0.3, -0.25) is 14.9 Å². The molecule has 5 nitrogen and oxygen atoms in total. The van der Waals surface area contributed by atoms with E-state index >= 15 is 0 Å². The predicted molar refractivity (Wildman–Crippen MR) is 118 cm³/mol. The number of carbonyl (C=O) groups excluding carboxylic acids is 1. The van der Waals surface area contributed by atoms with Gasteiger partial charge >= 0.3 is 12.1 Å². The number of amides is 1. The highest BCUT2D eigenvalue weighted by Crippen LogP contribution is 2.56. The Balaban J connectivity index is 2.00. The molecule has 4 unspecified atom stereocenters. The minimum Gasteiger partial charge on any atom is -0.480 e. The number of halogens is 4. The molecule has 0 aromatic heterocycles. The van der Waals surface area contributed by atoms with Gasteiger partial charge in [-0.1, -0.05) is 56.6 Å². The number of anilines is 1. The highest BCUT2D eigenvalue weighted by molar-refractivity contribution is 6.31. The second-order valence-electron chi connectivity index (χ2n) is 9.91. The van der Waals surface area contributed by atoms with Gasteiger partial charge < -0.3 is 10.4 Å². The molecule has 9 heteroatoms. The van der Waals surface area contributed by atoms with Crippen LogP contribution >= 0.6 is 11.6 Å². The maximum atomic E-state index is 13.7. The summed E-state index contributed by atoms with van der Waals surface area (Å²) >= 11 is 6.13. The van der Waals surface area contributed by atoms with Crippen LogP contribution < -0.4 is 10.6 Å². The van der Waals surface area contributed by atoms with Gasteiger partial charge in [0.05, 0.1) is 5.56 Å². The van der Waals surface area contributed by atoms with E-state index in [0.29, 0.717) is 22.7 Å². The molecule has 0 bridgehead atoms. The summed E-state index contributed by atoms with van der Waals surface area (Å²) in [6.45, 7) is 5.89. The second kappa shape index (κ2) is 7.74. The molecule has 2 aromatic carbocycles. The number of hydrogen-bond donors (Lipinski definition) is 3. The van der Waals surface area contributed by atoms with E-state index in [1.165, 1.54) is 12.1 Å². The first-order valence-electron chi connectivity index (χ1n) is 10.5. The molecule has 0 aliphatic carbocycles. The lowest BCUT2D eigenvalue weighted by Gasteiger charge is -2.37. The maximum Gasteiger partial charge on any atom is 0.416 e. The topological polar surface area (TPSA) is 78.4 Å². The number of carbonyl (C=O) groups is 2. The van der Waals surface area contributed by atoms with Crippen molar-refractivity contribution < 1.29 is 27.9 Å². The van der Waals surface area contributed by atoms with E-state index in [9.17, 15) is 27.9 Å². The van der Waals surface area contributed by atoms with Crippen molar-refractivity contribution in [3.8, 4) is 0 Å². The van der Waals surface area contributed by atoms with Gasteiger partial charge in [0, 0.05) is 22.7 Å². The summed E-state index contributed by atoms with van der Waals surface area (Å²) in [7, 11) is 0. The van der Waals surface area contributed by atoms with Crippen LogP contribution in [0.25, 0.3) is 0 Å². The zero-order valence-electron chi connectivity index (χ0n) is 18.3. The molecule has 176 valence electrons. The van der Waals surface area contributed by atoms with Crippen LogP contribution in [0, 0.1) is 5.41 Å². The van der Waals surface area contributed by atoms with E-state index in [2.05, 4.69) is 10.6 Å². The summed E-state index contributed by atoms with van der Waals surface area (Å²) in [5.41, 5.74) is -1.51. The van der Waals surface area contributed by atoms with Gasteiger partial charge in [-0.2, -0.15) is 13.2 Å². The van der Waals surface area contributed by atoms with E-state index in [0.717, 1.165) is 12.1 Å². The average Bonchev–Trinajstić information content (AvgIpc) is 3.16. The summed E-state index contributed by atoms with van der Waals surface area (Å²) < 4.78 is 40.5. The van der Waals surface area contributed by atoms with E-state index < -0.39 is 47.0 Å². The average molecular weight is 481 g/mol. The fraction of sp³-hybridized carbons (Fsp3) is 0.417. The molecular weight excluding hydrogens is 457 g/mol. The first-order chi connectivity index (χ1) is 15.2. The molecule has 1 saturated heterocycles. The summed E-state index contributed by atoms with van der Waals surface area (Å²) in [5, 5.41) is 16.4. The first kappa shape index (κ1) is 23.6. The first-order valence-corrected chi connectivity index (χ1v) is 10.9. The van der Waals surface area contributed by atoms with Crippen molar-refractivity contribution in [2.24, 2.45) is 5.41 Å². The number of rotatable bonds is 3. The Hall–Kier alpha value is -2.58. The Morgan fingerprint density at radius 1 is 1.15 bits per heavy atom. The van der Waals surface area contributed by atoms with Crippen molar-refractivity contribution in [1.82, 2.24) is 5.32 Å². The Kier molecular flexibility index (Phi) is 5.53. The predicted octanol–water partition coefficient (Wildman–Crippen LogP) is 5.19. The Bertz CT molecular complexity index is 1130. The molecule has 1 amide bonds. The highest BCUT2D eigenvalue weighted by atomic mass is 35.5. The van der Waals surface area contributed by atoms with Crippen molar-refractivity contribution in [2.45, 2.75) is 56.8 Å². The van der Waals surface area contributed by atoms with Crippen molar-refractivity contribution in [1.29, 1.82) is 0 Å². The summed E-state index contributed by atoms with van der Waals surface area (Å²) in [6, 6.07) is 7.53. The molecule has 4 rings (SSSR count). The van der Waals surface area contributed by atoms with Gasteiger partial charge in [0.1, 0.15) is 11.5 Å². The van der Waals surface area contributed by atoms with Gasteiger partial charge in [0.15, 0.2) is 0 Å². The summed E-state index contributed by atoms with van der Waals surface area (Å²) in [5.74, 6) is -2.76. The summed E-state index contributed by atoms with van der Waals surface area (Å²) in [6.07, 6.45) is -4.19. The van der Waals surface area contributed by atoms with Crippen LogP contribution in [0.1, 0.15) is 49.8 Å². The van der Waals surface area contributed by atoms with Crippen molar-refractivity contribution >= 4 is 29.2 Å². The molecule has 2 heterocycles. The molecule has 2 aliphatic heterocycles. The van der Waals surface area contributed by atoms with E-state index in [4.69, 9.17) is 11.6 Å². The zero-order valence-corrected chi connectivity index (χ0v) is 19.0. The summed E-state index contributed by atoms with van der Waals surface area (Å²) in [4.78, 5) is 26.0. The zero-order chi connectivity index (χ0) is 24.3. The van der Waals surface area contributed by atoms with Crippen LogP contribution in [0.15, 0.2) is 42.5 Å². The third kappa shape index (κ3) is 3.89. The van der Waals surface area contributed by atoms with Crippen LogP contribution in [0.2, 0.25) is 5.02 Å². The maximum absolute atomic E-state index is 13.7. The molecular formula is C24H24ClF3N2O3. The monoisotopic (exact) mass is 480 g/mol. The molecule has 1 fully saturated rings. The van der Waals surface area contributed by atoms with Crippen molar-refractivity contribution in [3.05, 3.63) is 64.2 Å². The Morgan fingerprint density at radius 3 is 2.45 bits per heavy atom. The minimum absolute atomic E-state index is 0.138. The number of hydrogen-bond acceptors (Lipinski definition) is 3.